The maximum Gasteiger partial charge on any atom is 0.410 e. The molecule has 2 rings (SSSR count). The smallest absolute Gasteiger partial charge is 0.410 e. The Balaban J connectivity index is 1.70. The lowest BCUT2D eigenvalue weighted by Gasteiger charge is -2.36. The van der Waals surface area contributed by atoms with E-state index in [0.717, 1.165) is 70.1 Å². The van der Waals surface area contributed by atoms with Gasteiger partial charge in [-0.2, -0.15) is 0 Å². The van der Waals surface area contributed by atoms with Crippen LogP contribution < -0.4 is 0 Å². The lowest BCUT2D eigenvalue weighted by atomic mass is 9.91. The van der Waals surface area contributed by atoms with Gasteiger partial charge in [0.1, 0.15) is 6.61 Å². The van der Waals surface area contributed by atoms with Crippen LogP contribution in [0, 0.1) is 0 Å². The van der Waals surface area contributed by atoms with Crippen LogP contribution in [0.1, 0.15) is 83.1 Å². The number of amides is 1. The minimum atomic E-state index is -0.160. The Kier molecular flexibility index (Phi) is 13.4. The van der Waals surface area contributed by atoms with Crippen molar-refractivity contribution in [3.63, 3.8) is 0 Å². The Morgan fingerprint density at radius 3 is 2.28 bits per heavy atom. The topological polar surface area (TPSA) is 42.0 Å². The van der Waals surface area contributed by atoms with Crippen LogP contribution in [0.25, 0.3) is 0 Å². The van der Waals surface area contributed by atoms with Crippen molar-refractivity contribution in [2.45, 2.75) is 96.3 Å². The van der Waals surface area contributed by atoms with Crippen LogP contribution in [0.4, 0.5) is 4.79 Å². The molecule has 0 spiro atoms. The van der Waals surface area contributed by atoms with Gasteiger partial charge in [0.2, 0.25) is 0 Å². The molecule has 5 heteroatoms. The summed E-state index contributed by atoms with van der Waals surface area (Å²) < 4.78 is 11.8. The van der Waals surface area contributed by atoms with Crippen LogP contribution in [-0.2, 0) is 16.1 Å². The molecule has 32 heavy (non-hydrogen) atoms. The van der Waals surface area contributed by atoms with E-state index in [4.69, 9.17) is 9.47 Å². The van der Waals surface area contributed by atoms with Gasteiger partial charge in [0, 0.05) is 19.2 Å². The van der Waals surface area contributed by atoms with Crippen LogP contribution in [0.3, 0.4) is 0 Å². The third-order valence-electron chi connectivity index (χ3n) is 6.38. The van der Waals surface area contributed by atoms with Gasteiger partial charge >= 0.3 is 6.09 Å². The molecule has 1 amide bonds. The van der Waals surface area contributed by atoms with Crippen molar-refractivity contribution < 1.29 is 14.3 Å². The summed E-state index contributed by atoms with van der Waals surface area (Å²) in [5.41, 5.74) is 1.04. The maximum atomic E-state index is 12.9. The molecule has 0 heterocycles. The highest BCUT2D eigenvalue weighted by molar-refractivity contribution is 5.68. The van der Waals surface area contributed by atoms with E-state index < -0.39 is 0 Å². The molecular formula is C27H46N2O3. The second kappa shape index (κ2) is 16.1. The van der Waals surface area contributed by atoms with Crippen LogP contribution in [0.5, 0.6) is 0 Å². The molecule has 0 bridgehead atoms. The van der Waals surface area contributed by atoms with Gasteiger partial charge in [0.25, 0.3) is 0 Å². The molecule has 1 aliphatic rings. The molecule has 0 saturated heterocycles. The fraction of sp³-hybridized carbons (Fsp3) is 0.741. The summed E-state index contributed by atoms with van der Waals surface area (Å²) in [4.78, 5) is 17.1. The first-order valence-corrected chi connectivity index (χ1v) is 12.8. The van der Waals surface area contributed by atoms with E-state index in [0.29, 0.717) is 12.7 Å². The SMILES string of the molecule is CCCCCN(C(=O)OCc1ccccc1)C1CCC(OCCCCCCN(C)C)CC1. The molecule has 0 aromatic heterocycles. The van der Waals surface area contributed by atoms with E-state index in [1.807, 2.05) is 35.2 Å². The standard InChI is InChI=1S/C27H46N2O3/c1-4-5-11-21-29(27(30)32-23-24-14-9-8-10-15-24)25-16-18-26(19-17-25)31-22-13-7-6-12-20-28(2)3/h8-10,14-15,25-26H,4-7,11-13,16-23H2,1-3H3. The van der Waals surface area contributed by atoms with Crippen molar-refractivity contribution in [2.75, 3.05) is 33.8 Å². The third kappa shape index (κ3) is 10.8. The Labute approximate surface area is 196 Å². The largest absolute Gasteiger partial charge is 0.445 e. The van der Waals surface area contributed by atoms with Crippen molar-refractivity contribution in [1.82, 2.24) is 9.80 Å². The van der Waals surface area contributed by atoms with E-state index in [1.165, 1.54) is 25.8 Å². The molecule has 0 atom stereocenters. The Bertz CT molecular complexity index is 600. The second-order valence-electron chi connectivity index (χ2n) is 9.46. The second-order valence-corrected chi connectivity index (χ2v) is 9.46. The van der Waals surface area contributed by atoms with E-state index in [1.54, 1.807) is 0 Å². The highest BCUT2D eigenvalue weighted by Gasteiger charge is 2.29. The molecule has 1 saturated carbocycles. The number of rotatable bonds is 15. The zero-order valence-electron chi connectivity index (χ0n) is 20.8. The van der Waals surface area contributed by atoms with Gasteiger partial charge in [0.05, 0.1) is 6.10 Å². The van der Waals surface area contributed by atoms with Crippen molar-refractivity contribution in [3.8, 4) is 0 Å². The summed E-state index contributed by atoms with van der Waals surface area (Å²) in [7, 11) is 4.26. The van der Waals surface area contributed by atoms with E-state index >= 15 is 0 Å². The lowest BCUT2D eigenvalue weighted by Crippen LogP contribution is -2.44. The normalized spacial score (nSPS) is 18.6. The molecule has 1 aliphatic carbocycles. The quantitative estimate of drug-likeness (QED) is 0.298. The lowest BCUT2D eigenvalue weighted by molar-refractivity contribution is 0.00303. The van der Waals surface area contributed by atoms with Gasteiger partial charge in [-0.3, -0.25) is 0 Å². The molecule has 0 N–H and O–H groups in total. The average molecular weight is 447 g/mol. The zero-order valence-corrected chi connectivity index (χ0v) is 20.8. The van der Waals surface area contributed by atoms with Crippen molar-refractivity contribution >= 4 is 6.09 Å². The third-order valence-corrected chi connectivity index (χ3v) is 6.38. The Hall–Kier alpha value is -1.59. The van der Waals surface area contributed by atoms with Crippen molar-refractivity contribution in [1.29, 1.82) is 0 Å². The summed E-state index contributed by atoms with van der Waals surface area (Å²) in [5.74, 6) is 0. The van der Waals surface area contributed by atoms with E-state index in [-0.39, 0.29) is 12.1 Å². The summed E-state index contributed by atoms with van der Waals surface area (Å²) in [5, 5.41) is 0. The van der Waals surface area contributed by atoms with E-state index in [2.05, 4.69) is 25.9 Å². The molecule has 0 unspecified atom stereocenters. The summed E-state index contributed by atoms with van der Waals surface area (Å²) in [6.07, 6.45) is 12.6. The van der Waals surface area contributed by atoms with Crippen LogP contribution in [-0.4, -0.2) is 61.8 Å². The number of carbonyl (C=O) groups excluding carboxylic acids is 1. The molecule has 1 aromatic rings. The first-order chi connectivity index (χ1) is 15.6. The van der Waals surface area contributed by atoms with Gasteiger partial charge in [-0.05, 0) is 71.1 Å². The molecule has 182 valence electrons. The van der Waals surface area contributed by atoms with Crippen LogP contribution in [0.15, 0.2) is 30.3 Å². The highest BCUT2D eigenvalue weighted by Crippen LogP contribution is 2.26. The average Bonchev–Trinajstić information content (AvgIpc) is 2.81. The summed E-state index contributed by atoms with van der Waals surface area (Å²) in [6, 6.07) is 10.2. The minimum absolute atomic E-state index is 0.160. The van der Waals surface area contributed by atoms with Crippen LogP contribution >= 0.6 is 0 Å². The number of nitrogens with zero attached hydrogens (tertiary/aromatic N) is 2. The number of unbranched alkanes of at least 4 members (excludes halogenated alkanes) is 5. The van der Waals surface area contributed by atoms with Gasteiger partial charge in [0.15, 0.2) is 0 Å². The highest BCUT2D eigenvalue weighted by atomic mass is 16.6. The first kappa shape index (κ1) is 26.7. The number of carbonyl (C=O) groups is 1. The molecule has 1 aromatic carbocycles. The fourth-order valence-electron chi connectivity index (χ4n) is 4.41. The fourth-order valence-corrected chi connectivity index (χ4v) is 4.41. The van der Waals surface area contributed by atoms with E-state index in [9.17, 15) is 4.79 Å². The molecule has 0 aliphatic heterocycles. The zero-order chi connectivity index (χ0) is 23.0. The Morgan fingerprint density at radius 2 is 1.59 bits per heavy atom. The number of ether oxygens (including phenoxy) is 2. The molecular weight excluding hydrogens is 400 g/mol. The number of benzene rings is 1. The molecule has 5 nitrogen and oxygen atoms in total. The predicted octanol–water partition coefficient (Wildman–Crippen LogP) is 6.27. The summed E-state index contributed by atoms with van der Waals surface area (Å²) in [6.45, 7) is 5.38. The van der Waals surface area contributed by atoms with Gasteiger partial charge in [-0.25, -0.2) is 4.79 Å². The number of hydrogen-bond acceptors (Lipinski definition) is 4. The Morgan fingerprint density at radius 1 is 0.906 bits per heavy atom. The predicted molar refractivity (Wildman–Crippen MR) is 132 cm³/mol. The maximum absolute atomic E-state index is 12.9. The van der Waals surface area contributed by atoms with Crippen LogP contribution in [0.2, 0.25) is 0 Å². The molecule has 1 fully saturated rings. The molecule has 0 radical (unpaired) electrons. The van der Waals surface area contributed by atoms with Gasteiger partial charge in [-0.1, -0.05) is 62.9 Å². The van der Waals surface area contributed by atoms with Gasteiger partial charge in [-0.15, -0.1) is 0 Å². The van der Waals surface area contributed by atoms with Gasteiger partial charge < -0.3 is 19.3 Å². The van der Waals surface area contributed by atoms with Crippen molar-refractivity contribution in [2.24, 2.45) is 0 Å². The van der Waals surface area contributed by atoms with Crippen molar-refractivity contribution in [3.05, 3.63) is 35.9 Å². The minimum Gasteiger partial charge on any atom is -0.445 e. The number of hydrogen-bond donors (Lipinski definition) is 0. The summed E-state index contributed by atoms with van der Waals surface area (Å²) >= 11 is 0. The first-order valence-electron chi connectivity index (χ1n) is 12.8. The monoisotopic (exact) mass is 446 g/mol.